The monoisotopic (exact) mass is 812 g/mol. The average Bonchev–Trinajstić information content (AvgIpc) is 3.68. The number of fused-ring (bicyclic) bond motifs is 5. The van der Waals surface area contributed by atoms with Gasteiger partial charge in [-0.25, -0.2) is 4.39 Å². The molecule has 1 aromatic heterocycles. The minimum atomic E-state index is -1.58. The molecule has 0 bridgehead atoms. The zero-order valence-electron chi connectivity index (χ0n) is 35.8. The van der Waals surface area contributed by atoms with Crippen LogP contribution in [0, 0.1) is 62.2 Å². The second kappa shape index (κ2) is 15.3. The third kappa shape index (κ3) is 6.96. The smallest absolute Gasteiger partial charge is 0.274 e. The van der Waals surface area contributed by atoms with Crippen LogP contribution < -0.4 is 0 Å². The number of nitrogens with zero attached hydrogens (tertiary/aromatic N) is 3. The van der Waals surface area contributed by atoms with Crippen molar-refractivity contribution in [3.8, 4) is 11.3 Å². The maximum absolute atomic E-state index is 15.4. The fourth-order valence-electron chi connectivity index (χ4n) is 12.0. The summed E-state index contributed by atoms with van der Waals surface area (Å²) in [6.45, 7) is 11.2. The van der Waals surface area contributed by atoms with E-state index in [4.69, 9.17) is 0 Å². The average molecular weight is 813 g/mol. The Hall–Kier alpha value is -4.26. The molecule has 8 rings (SSSR count). The van der Waals surface area contributed by atoms with Gasteiger partial charge in [-0.3, -0.25) is 24.3 Å². The highest BCUT2D eigenvalue weighted by Crippen LogP contribution is 2.67. The first kappa shape index (κ1) is 42.8. The fourth-order valence-corrected chi connectivity index (χ4v) is 12.0. The molecule has 4 saturated carbocycles. The molecule has 1 saturated heterocycles. The van der Waals surface area contributed by atoms with Gasteiger partial charge in [-0.15, -0.1) is 0 Å². The summed E-state index contributed by atoms with van der Waals surface area (Å²) in [5.74, 6) is -0.00655. The van der Waals surface area contributed by atoms with Gasteiger partial charge in [-0.05, 0) is 119 Å². The van der Waals surface area contributed by atoms with Crippen LogP contribution in [0.2, 0.25) is 0 Å². The van der Waals surface area contributed by atoms with E-state index in [1.165, 1.54) is 4.90 Å². The predicted molar refractivity (Wildman–Crippen MR) is 221 cm³/mol. The Balaban J connectivity index is 0.000000184. The molecule has 4 aliphatic carbocycles. The molecule has 12 heteroatoms. The lowest BCUT2D eigenvalue weighted by molar-refractivity contribution is -0.180. The molecule has 59 heavy (non-hydrogen) atoms. The number of hydrogen-bond acceptors (Lipinski definition) is 8. The zero-order chi connectivity index (χ0) is 43.0. The Labute approximate surface area is 346 Å². The van der Waals surface area contributed by atoms with Crippen LogP contribution in [0.5, 0.6) is 0 Å². The number of amides is 2. The number of aliphatic hydroxyl groups is 3. The number of rotatable bonds is 6. The lowest BCUT2D eigenvalue weighted by atomic mass is 9.44. The first-order chi connectivity index (χ1) is 27.7. The Bertz CT molecular complexity index is 2160. The number of H-pyrrole nitrogens is 1. The number of halogens is 1. The van der Waals surface area contributed by atoms with E-state index < -0.39 is 29.1 Å². The molecule has 2 heterocycles. The summed E-state index contributed by atoms with van der Waals surface area (Å²) in [7, 11) is 3.36. The number of ketones is 2. The van der Waals surface area contributed by atoms with Gasteiger partial charge in [0.1, 0.15) is 18.0 Å². The summed E-state index contributed by atoms with van der Waals surface area (Å²) in [4.78, 5) is 54.4. The number of carbonyl (C=O) groups excluding carboxylic acids is 4. The molecule has 8 atom stereocenters. The molecule has 11 nitrogen and oxygen atoms in total. The molecule has 0 spiro atoms. The second-order valence-corrected chi connectivity index (χ2v) is 19.2. The van der Waals surface area contributed by atoms with E-state index in [-0.39, 0.29) is 66.4 Å². The molecule has 4 N–H and O–H groups in total. The van der Waals surface area contributed by atoms with Gasteiger partial charge in [-0.1, -0.05) is 49.7 Å². The van der Waals surface area contributed by atoms with Crippen LogP contribution in [0.25, 0.3) is 11.3 Å². The summed E-state index contributed by atoms with van der Waals surface area (Å²) < 4.78 is 15.4. The molecule has 2 aromatic carbocycles. The molecule has 3 aromatic rings. The van der Waals surface area contributed by atoms with Gasteiger partial charge in [0.25, 0.3) is 11.8 Å². The van der Waals surface area contributed by atoms with Gasteiger partial charge in [0.05, 0.1) is 24.9 Å². The maximum atomic E-state index is 15.4. The third-order valence-electron chi connectivity index (χ3n) is 15.5. The van der Waals surface area contributed by atoms with E-state index in [1.54, 1.807) is 31.1 Å². The van der Waals surface area contributed by atoms with Crippen LogP contribution in [0.15, 0.2) is 36.4 Å². The Morgan fingerprint density at radius 3 is 2.29 bits per heavy atom. The standard InChI is InChI=1S/C26H29FN4O2.C21H32O5/c1-15-7-9-19(10-8-15)26(27)13-31(14-26)24(32)21-12-20(16(2)11-17(21)3)22-18(4)23(29-28-22)25(33)30(5)6;1-19-7-5-13(23)9-12(19)3-4-14-15-6-8-21(26,17(25)11-22)20(15,2)10-16(24)18(14)19/h7-12H,13-14H2,1-6H3,(H,28,29);12-15,18,22-23,26H,3-11H2,1-2H3/t;12-,13-,14+,15+,18-,19+,20+,21+/m.1/s1. The fraction of sp³-hybridized carbons (Fsp3) is 0.596. The normalized spacial score (nSPS) is 31.8. The van der Waals surface area contributed by atoms with Crippen molar-refractivity contribution >= 4 is 23.4 Å². The molecule has 318 valence electrons. The van der Waals surface area contributed by atoms with Crippen LogP contribution in [0.3, 0.4) is 0 Å². The summed E-state index contributed by atoms with van der Waals surface area (Å²) in [5, 5.41) is 37.8. The number of nitrogens with one attached hydrogen (secondary N) is 1. The van der Waals surface area contributed by atoms with Crippen molar-refractivity contribution in [3.63, 3.8) is 0 Å². The van der Waals surface area contributed by atoms with Crippen molar-refractivity contribution in [1.82, 2.24) is 20.0 Å². The molecule has 0 radical (unpaired) electrons. The van der Waals surface area contributed by atoms with E-state index in [9.17, 15) is 34.5 Å². The highest BCUT2D eigenvalue weighted by atomic mass is 19.1. The number of hydrogen-bond donors (Lipinski definition) is 4. The molecular weight excluding hydrogens is 752 g/mol. The van der Waals surface area contributed by atoms with Crippen LogP contribution in [-0.2, 0) is 15.3 Å². The molecule has 1 aliphatic heterocycles. The second-order valence-electron chi connectivity index (χ2n) is 19.2. The van der Waals surface area contributed by atoms with E-state index >= 15 is 4.39 Å². The first-order valence-electron chi connectivity index (χ1n) is 21.2. The van der Waals surface area contributed by atoms with Gasteiger partial charge in [0.2, 0.25) is 0 Å². The van der Waals surface area contributed by atoms with Gasteiger partial charge in [-0.2, -0.15) is 5.10 Å². The lowest BCUT2D eigenvalue weighted by Crippen LogP contribution is -2.62. The lowest BCUT2D eigenvalue weighted by Gasteiger charge is -2.60. The van der Waals surface area contributed by atoms with Gasteiger partial charge in [0.15, 0.2) is 17.1 Å². The minimum Gasteiger partial charge on any atom is -0.393 e. The number of likely N-dealkylation sites (tertiary alicyclic amines) is 1. The Morgan fingerprint density at radius 2 is 1.64 bits per heavy atom. The summed E-state index contributed by atoms with van der Waals surface area (Å²) >= 11 is 0. The molecule has 0 unspecified atom stereocenters. The number of Topliss-reactive ketones (excluding diaryl/α,β-unsaturated/α-hetero) is 2. The zero-order valence-corrected chi connectivity index (χ0v) is 35.8. The van der Waals surface area contributed by atoms with Crippen molar-refractivity contribution in [2.45, 2.75) is 110 Å². The highest BCUT2D eigenvalue weighted by Gasteiger charge is 2.69. The van der Waals surface area contributed by atoms with E-state index in [0.717, 1.165) is 66.3 Å². The number of alkyl halides is 1. The van der Waals surface area contributed by atoms with Gasteiger partial charge < -0.3 is 25.1 Å². The number of benzene rings is 2. The van der Waals surface area contributed by atoms with Crippen LogP contribution in [0.1, 0.15) is 114 Å². The number of aromatic amines is 1. The Kier molecular flexibility index (Phi) is 11.1. The van der Waals surface area contributed by atoms with Crippen molar-refractivity contribution < 1.29 is 38.9 Å². The highest BCUT2D eigenvalue weighted by molar-refractivity contribution is 5.99. The number of aryl methyl sites for hydroxylation is 3. The van der Waals surface area contributed by atoms with Gasteiger partial charge >= 0.3 is 0 Å². The van der Waals surface area contributed by atoms with Crippen LogP contribution in [-0.4, -0.2) is 104 Å². The molecule has 5 fully saturated rings. The quantitative estimate of drug-likeness (QED) is 0.229. The number of aromatic nitrogens is 2. The topological polar surface area (TPSA) is 164 Å². The first-order valence-corrected chi connectivity index (χ1v) is 21.2. The van der Waals surface area contributed by atoms with Gasteiger partial charge in [0, 0.05) is 48.5 Å². The van der Waals surface area contributed by atoms with Crippen molar-refractivity contribution in [2.75, 3.05) is 33.8 Å². The number of carbonyl (C=O) groups is 4. The molecule has 5 aliphatic rings. The van der Waals surface area contributed by atoms with Crippen molar-refractivity contribution in [3.05, 3.63) is 75.5 Å². The van der Waals surface area contributed by atoms with E-state index in [2.05, 4.69) is 17.1 Å². The predicted octanol–water partition coefficient (Wildman–Crippen LogP) is 6.19. The van der Waals surface area contributed by atoms with E-state index in [1.807, 2.05) is 58.9 Å². The van der Waals surface area contributed by atoms with Crippen LogP contribution in [0.4, 0.5) is 4.39 Å². The maximum Gasteiger partial charge on any atom is 0.274 e. The number of aliphatic hydroxyl groups excluding tert-OH is 2. The van der Waals surface area contributed by atoms with Crippen molar-refractivity contribution in [2.24, 2.45) is 34.5 Å². The summed E-state index contributed by atoms with van der Waals surface area (Å²) in [6.07, 6.45) is 5.47. The van der Waals surface area contributed by atoms with E-state index in [0.29, 0.717) is 34.9 Å². The minimum absolute atomic E-state index is 0.0154. The van der Waals surface area contributed by atoms with Crippen LogP contribution >= 0.6 is 0 Å². The summed E-state index contributed by atoms with van der Waals surface area (Å²) in [5.41, 5.74) is 2.65. The SMILES string of the molecule is C[C@]12CC[C@@H](O)C[C@H]1CC[C@@H]1[C@@H]2C(=O)C[C@@]2(C)[C@H]1CC[C@]2(O)C(=O)CO.Cc1ccc(C2(F)CN(C(=O)c3cc(-c4[nH]nc(C(=O)N(C)C)c4C)c(C)cc3C)C2)cc1. The van der Waals surface area contributed by atoms with Crippen molar-refractivity contribution in [1.29, 1.82) is 0 Å². The summed E-state index contributed by atoms with van der Waals surface area (Å²) in [6, 6.07) is 11.1. The molecular formula is C47H61FN4O7. The largest absolute Gasteiger partial charge is 0.393 e. The third-order valence-corrected chi connectivity index (χ3v) is 15.5. The molecule has 2 amide bonds. The Morgan fingerprint density at radius 1 is 0.966 bits per heavy atom.